The SMILES string of the molecule is CCNC(=NCc1ccc(S(N)(=O)=O)s1)NCC1(c2cccc(Cl)c2)CC1.I. The van der Waals surface area contributed by atoms with E-state index in [4.69, 9.17) is 16.7 Å². The molecule has 1 saturated carbocycles. The Morgan fingerprint density at radius 3 is 2.61 bits per heavy atom. The molecule has 0 saturated heterocycles. The molecule has 4 N–H and O–H groups in total. The molecule has 0 radical (unpaired) electrons. The van der Waals surface area contributed by atoms with Gasteiger partial charge in [0.25, 0.3) is 0 Å². The summed E-state index contributed by atoms with van der Waals surface area (Å²) in [7, 11) is -3.66. The van der Waals surface area contributed by atoms with Gasteiger partial charge in [0.1, 0.15) is 4.21 Å². The fourth-order valence-electron chi connectivity index (χ4n) is 2.88. The lowest BCUT2D eigenvalue weighted by molar-refractivity contribution is 0.600. The van der Waals surface area contributed by atoms with Gasteiger partial charge in [-0.25, -0.2) is 18.5 Å². The van der Waals surface area contributed by atoms with Crippen molar-refractivity contribution in [3.63, 3.8) is 0 Å². The molecule has 1 heterocycles. The Bertz CT molecular complexity index is 943. The number of sulfonamides is 1. The minimum absolute atomic E-state index is 0. The molecule has 28 heavy (non-hydrogen) atoms. The summed E-state index contributed by atoms with van der Waals surface area (Å²) in [6.07, 6.45) is 2.23. The van der Waals surface area contributed by atoms with E-state index in [9.17, 15) is 8.42 Å². The molecule has 0 amide bonds. The van der Waals surface area contributed by atoms with E-state index in [1.165, 1.54) is 11.6 Å². The summed E-state index contributed by atoms with van der Waals surface area (Å²) in [4.78, 5) is 5.40. The highest BCUT2D eigenvalue weighted by atomic mass is 127. The minimum Gasteiger partial charge on any atom is -0.357 e. The van der Waals surface area contributed by atoms with Crippen molar-refractivity contribution in [1.29, 1.82) is 0 Å². The maximum atomic E-state index is 11.4. The Morgan fingerprint density at radius 1 is 1.29 bits per heavy atom. The maximum absolute atomic E-state index is 11.4. The number of halogens is 2. The molecule has 154 valence electrons. The molecule has 6 nitrogen and oxygen atoms in total. The Morgan fingerprint density at radius 2 is 2.04 bits per heavy atom. The molecule has 1 fully saturated rings. The van der Waals surface area contributed by atoms with Crippen LogP contribution < -0.4 is 15.8 Å². The molecule has 0 unspecified atom stereocenters. The fraction of sp³-hybridized carbons (Fsp3) is 0.389. The second kappa shape index (κ2) is 9.75. The zero-order valence-electron chi connectivity index (χ0n) is 15.4. The van der Waals surface area contributed by atoms with Crippen molar-refractivity contribution < 1.29 is 8.42 Å². The van der Waals surface area contributed by atoms with Gasteiger partial charge in [0.15, 0.2) is 5.96 Å². The predicted octanol–water partition coefficient (Wildman–Crippen LogP) is 3.45. The van der Waals surface area contributed by atoms with Crippen LogP contribution in [0.2, 0.25) is 5.02 Å². The van der Waals surface area contributed by atoms with E-state index in [0.717, 1.165) is 47.2 Å². The first-order valence-electron chi connectivity index (χ1n) is 8.72. The highest BCUT2D eigenvalue weighted by Crippen LogP contribution is 2.48. The highest BCUT2D eigenvalue weighted by molar-refractivity contribution is 14.0. The smallest absolute Gasteiger partial charge is 0.247 e. The average Bonchev–Trinajstić information content (AvgIpc) is 3.25. The monoisotopic (exact) mass is 554 g/mol. The molecule has 1 aromatic heterocycles. The van der Waals surface area contributed by atoms with E-state index in [0.29, 0.717) is 12.5 Å². The lowest BCUT2D eigenvalue weighted by atomic mass is 9.96. The van der Waals surface area contributed by atoms with Crippen LogP contribution in [0.4, 0.5) is 0 Å². The molecular weight excluding hydrogens is 531 g/mol. The van der Waals surface area contributed by atoms with Crippen LogP contribution >= 0.6 is 46.9 Å². The molecule has 0 bridgehead atoms. The number of primary sulfonamides is 1. The molecule has 0 aliphatic heterocycles. The number of rotatable bonds is 7. The van der Waals surface area contributed by atoms with Crippen LogP contribution in [0.5, 0.6) is 0 Å². The highest BCUT2D eigenvalue weighted by Gasteiger charge is 2.44. The first-order valence-corrected chi connectivity index (χ1v) is 11.5. The molecular formula is C18H24ClIN4O2S2. The van der Waals surface area contributed by atoms with E-state index in [-0.39, 0.29) is 33.6 Å². The quantitative estimate of drug-likeness (QED) is 0.277. The molecule has 1 aliphatic carbocycles. The van der Waals surface area contributed by atoms with Gasteiger partial charge >= 0.3 is 0 Å². The summed E-state index contributed by atoms with van der Waals surface area (Å²) in [6, 6.07) is 11.3. The van der Waals surface area contributed by atoms with E-state index >= 15 is 0 Å². The molecule has 10 heteroatoms. The first-order chi connectivity index (χ1) is 12.8. The van der Waals surface area contributed by atoms with E-state index in [1.54, 1.807) is 6.07 Å². The van der Waals surface area contributed by atoms with Crippen molar-refractivity contribution in [1.82, 2.24) is 10.6 Å². The maximum Gasteiger partial charge on any atom is 0.247 e. The van der Waals surface area contributed by atoms with Gasteiger partial charge < -0.3 is 10.6 Å². The topological polar surface area (TPSA) is 96.6 Å². The first kappa shape index (κ1) is 23.4. The van der Waals surface area contributed by atoms with E-state index in [1.807, 2.05) is 25.1 Å². The Labute approximate surface area is 192 Å². The number of thiophene rings is 1. The summed E-state index contributed by atoms with van der Waals surface area (Å²) in [6.45, 7) is 3.90. The normalized spacial score (nSPS) is 15.6. The van der Waals surface area contributed by atoms with Crippen LogP contribution in [0.15, 0.2) is 45.6 Å². The predicted molar refractivity (Wildman–Crippen MR) is 126 cm³/mol. The van der Waals surface area contributed by atoms with Crippen LogP contribution in [-0.2, 0) is 22.0 Å². The molecule has 1 aromatic carbocycles. The fourth-order valence-corrected chi connectivity index (χ4v) is 4.78. The summed E-state index contributed by atoms with van der Waals surface area (Å²) < 4.78 is 22.9. The molecule has 3 rings (SSSR count). The molecule has 1 aliphatic rings. The Balaban J connectivity index is 0.00000280. The third kappa shape index (κ3) is 6.06. The zero-order chi connectivity index (χ0) is 19.5. The minimum atomic E-state index is -3.66. The van der Waals surface area contributed by atoms with Gasteiger partial charge in [-0.2, -0.15) is 0 Å². The van der Waals surface area contributed by atoms with E-state index < -0.39 is 10.0 Å². The number of nitrogens with two attached hydrogens (primary N) is 1. The number of guanidine groups is 1. The third-order valence-corrected chi connectivity index (χ3v) is 7.28. The molecule has 0 spiro atoms. The standard InChI is InChI=1S/C18H23ClN4O2S2.HI/c1-2-21-17(22-11-15-6-7-16(26-15)27(20,24)25)23-12-18(8-9-18)13-4-3-5-14(19)10-13;/h3-7,10H,2,8-9,11-12H2,1H3,(H2,20,24,25)(H2,21,22,23);1H. The number of benzene rings is 1. The van der Waals surface area contributed by atoms with Crippen molar-refractivity contribution in [3.8, 4) is 0 Å². The Kier molecular flexibility index (Phi) is 8.15. The number of hydrogen-bond donors (Lipinski definition) is 3. The van der Waals surface area contributed by atoms with Gasteiger partial charge in [-0.05, 0) is 49.6 Å². The lowest BCUT2D eigenvalue weighted by Gasteiger charge is -2.19. The second-order valence-corrected chi connectivity index (χ2v) is 10.00. The van der Waals surface area contributed by atoms with Gasteiger partial charge in [0, 0.05) is 28.4 Å². The summed E-state index contributed by atoms with van der Waals surface area (Å²) in [5, 5.41) is 12.5. The molecule has 2 aromatic rings. The van der Waals surface area contributed by atoms with E-state index in [2.05, 4.69) is 21.7 Å². The van der Waals surface area contributed by atoms with Crippen molar-refractivity contribution >= 4 is 62.9 Å². The number of aliphatic imine (C=N–C) groups is 1. The van der Waals surface area contributed by atoms with Crippen molar-refractivity contribution in [2.24, 2.45) is 10.1 Å². The van der Waals surface area contributed by atoms with Crippen LogP contribution in [0.25, 0.3) is 0 Å². The van der Waals surface area contributed by atoms with Crippen molar-refractivity contribution in [2.75, 3.05) is 13.1 Å². The number of nitrogens with one attached hydrogen (secondary N) is 2. The second-order valence-electron chi connectivity index (χ2n) is 6.61. The summed E-state index contributed by atoms with van der Waals surface area (Å²) >= 11 is 7.28. The third-order valence-electron chi connectivity index (χ3n) is 4.54. The zero-order valence-corrected chi connectivity index (χ0v) is 20.2. The van der Waals surface area contributed by atoms with Gasteiger partial charge in [-0.15, -0.1) is 35.3 Å². The lowest BCUT2D eigenvalue weighted by Crippen LogP contribution is -2.41. The van der Waals surface area contributed by atoms with Crippen LogP contribution in [0, 0.1) is 0 Å². The van der Waals surface area contributed by atoms with Crippen molar-refractivity contribution in [3.05, 3.63) is 51.9 Å². The van der Waals surface area contributed by atoms with Crippen LogP contribution in [0.3, 0.4) is 0 Å². The number of hydrogen-bond acceptors (Lipinski definition) is 4. The largest absolute Gasteiger partial charge is 0.357 e. The van der Waals surface area contributed by atoms with Crippen molar-refractivity contribution in [2.45, 2.75) is 35.9 Å². The summed E-state index contributed by atoms with van der Waals surface area (Å²) in [5.74, 6) is 0.705. The average molecular weight is 555 g/mol. The van der Waals surface area contributed by atoms with Crippen LogP contribution in [0.1, 0.15) is 30.2 Å². The van der Waals surface area contributed by atoms with Gasteiger partial charge in [0.2, 0.25) is 10.0 Å². The number of nitrogens with zero attached hydrogens (tertiary/aromatic N) is 1. The van der Waals surface area contributed by atoms with Gasteiger partial charge in [-0.1, -0.05) is 23.7 Å². The van der Waals surface area contributed by atoms with Crippen LogP contribution in [-0.4, -0.2) is 27.5 Å². The summed E-state index contributed by atoms with van der Waals surface area (Å²) in [5.41, 5.74) is 1.35. The Hall–Kier alpha value is -0.880. The van der Waals surface area contributed by atoms with Gasteiger partial charge in [0.05, 0.1) is 6.54 Å². The molecule has 0 atom stereocenters. The van der Waals surface area contributed by atoms with Gasteiger partial charge in [-0.3, -0.25) is 0 Å².